The summed E-state index contributed by atoms with van der Waals surface area (Å²) >= 11 is 1.57. The lowest BCUT2D eigenvalue weighted by atomic mass is 10.3. The molecule has 0 aliphatic heterocycles. The fourth-order valence-corrected chi connectivity index (χ4v) is 2.95. The molecule has 3 N–H and O–H groups in total. The number of nitrogens with two attached hydrogens (primary N) is 1. The predicted molar refractivity (Wildman–Crippen MR) is 66.0 cm³/mol. The molecule has 5 nitrogen and oxygen atoms in total. The molecule has 0 amide bonds. The van der Waals surface area contributed by atoms with E-state index >= 15 is 0 Å². The van der Waals surface area contributed by atoms with Gasteiger partial charge in [0.2, 0.25) is 10.0 Å². The second kappa shape index (κ2) is 6.29. The van der Waals surface area contributed by atoms with Crippen LogP contribution in [0.3, 0.4) is 0 Å². The van der Waals surface area contributed by atoms with Crippen LogP contribution >= 0.6 is 11.3 Å². The third-order valence-corrected chi connectivity index (χ3v) is 4.28. The topological polar surface area (TPSA) is 85.1 Å². The molecule has 1 aromatic rings. The quantitative estimate of drug-likeness (QED) is 0.739. The maximum Gasteiger partial charge on any atom is 0.211 e. The van der Waals surface area contributed by atoms with Gasteiger partial charge in [-0.15, -0.1) is 11.3 Å². The van der Waals surface area contributed by atoms with Gasteiger partial charge in [-0.25, -0.2) is 18.1 Å². The summed E-state index contributed by atoms with van der Waals surface area (Å²) in [6.45, 7) is 2.72. The highest BCUT2D eigenvalue weighted by Gasteiger charge is 2.08. The van der Waals surface area contributed by atoms with E-state index in [1.165, 1.54) is 0 Å². The van der Waals surface area contributed by atoms with Crippen molar-refractivity contribution >= 4 is 21.4 Å². The van der Waals surface area contributed by atoms with Crippen molar-refractivity contribution in [1.29, 1.82) is 0 Å². The highest BCUT2D eigenvalue weighted by Crippen LogP contribution is 2.07. The van der Waals surface area contributed by atoms with Crippen LogP contribution in [0, 0.1) is 6.92 Å². The Morgan fingerprint density at radius 1 is 1.56 bits per heavy atom. The van der Waals surface area contributed by atoms with E-state index in [0.717, 1.165) is 10.7 Å². The third-order valence-electron chi connectivity index (χ3n) is 1.99. The number of nitrogens with zero attached hydrogens (tertiary/aromatic N) is 1. The predicted octanol–water partition coefficient (Wildman–Crippen LogP) is 0.262. The van der Waals surface area contributed by atoms with E-state index in [-0.39, 0.29) is 5.75 Å². The number of aromatic nitrogens is 1. The Bertz CT molecular complexity index is 414. The molecule has 0 aliphatic rings. The molecular formula is C9H17N3O2S2. The standard InChI is InChI=1S/C9H17N3O2S2/c1-8-12-9(7-15-8)3-5-11-16(13,14)6-2-4-10/h7,11H,2-6,10H2,1H3. The summed E-state index contributed by atoms with van der Waals surface area (Å²) in [6.07, 6.45) is 1.12. The molecule has 7 heteroatoms. The monoisotopic (exact) mass is 263 g/mol. The average Bonchev–Trinajstić information content (AvgIpc) is 2.61. The number of sulfonamides is 1. The minimum absolute atomic E-state index is 0.0968. The Hall–Kier alpha value is -0.500. The van der Waals surface area contributed by atoms with Gasteiger partial charge in [0.05, 0.1) is 16.5 Å². The lowest BCUT2D eigenvalue weighted by molar-refractivity contribution is 0.579. The van der Waals surface area contributed by atoms with Gasteiger partial charge in [0.15, 0.2) is 0 Å². The molecule has 1 aromatic heterocycles. The molecule has 0 aromatic carbocycles. The van der Waals surface area contributed by atoms with Crippen molar-refractivity contribution in [2.75, 3.05) is 18.8 Å². The normalized spacial score (nSPS) is 11.9. The largest absolute Gasteiger partial charge is 0.330 e. The lowest BCUT2D eigenvalue weighted by Gasteiger charge is -2.04. The molecule has 0 unspecified atom stereocenters. The fourth-order valence-electron chi connectivity index (χ4n) is 1.20. The van der Waals surface area contributed by atoms with Crippen molar-refractivity contribution in [2.24, 2.45) is 5.73 Å². The molecule has 0 saturated heterocycles. The van der Waals surface area contributed by atoms with Gasteiger partial charge in [-0.1, -0.05) is 0 Å². The highest BCUT2D eigenvalue weighted by molar-refractivity contribution is 7.89. The van der Waals surface area contributed by atoms with Crippen LogP contribution in [0.25, 0.3) is 0 Å². The second-order valence-electron chi connectivity index (χ2n) is 3.46. The Kier molecular flexibility index (Phi) is 5.33. The van der Waals surface area contributed by atoms with Crippen LogP contribution in [0.4, 0.5) is 0 Å². The summed E-state index contributed by atoms with van der Waals surface area (Å²) in [4.78, 5) is 4.26. The summed E-state index contributed by atoms with van der Waals surface area (Å²) in [6, 6.07) is 0. The zero-order valence-electron chi connectivity index (χ0n) is 9.27. The molecule has 0 fully saturated rings. The van der Waals surface area contributed by atoms with Gasteiger partial charge in [0.1, 0.15) is 0 Å². The van der Waals surface area contributed by atoms with Gasteiger partial charge >= 0.3 is 0 Å². The van der Waals surface area contributed by atoms with E-state index in [4.69, 9.17) is 5.73 Å². The first-order valence-corrected chi connectivity index (χ1v) is 7.65. The number of hydrogen-bond acceptors (Lipinski definition) is 5. The molecule has 16 heavy (non-hydrogen) atoms. The van der Waals surface area contributed by atoms with Crippen molar-refractivity contribution in [3.05, 3.63) is 16.1 Å². The van der Waals surface area contributed by atoms with E-state index in [1.54, 1.807) is 11.3 Å². The van der Waals surface area contributed by atoms with Crippen molar-refractivity contribution in [2.45, 2.75) is 19.8 Å². The van der Waals surface area contributed by atoms with Crippen LogP contribution in [0.2, 0.25) is 0 Å². The molecule has 0 atom stereocenters. The number of nitrogens with one attached hydrogen (secondary N) is 1. The summed E-state index contributed by atoms with van der Waals surface area (Å²) < 4.78 is 25.3. The van der Waals surface area contributed by atoms with Crippen LogP contribution in [0.15, 0.2) is 5.38 Å². The van der Waals surface area contributed by atoms with Gasteiger partial charge in [-0.3, -0.25) is 0 Å². The van der Waals surface area contributed by atoms with Gasteiger partial charge < -0.3 is 5.73 Å². The first-order valence-electron chi connectivity index (χ1n) is 5.12. The number of aryl methyl sites for hydroxylation is 1. The Morgan fingerprint density at radius 3 is 2.88 bits per heavy atom. The number of rotatable bonds is 7. The molecule has 92 valence electrons. The number of hydrogen-bond donors (Lipinski definition) is 2. The molecule has 0 spiro atoms. The second-order valence-corrected chi connectivity index (χ2v) is 6.45. The fraction of sp³-hybridized carbons (Fsp3) is 0.667. The van der Waals surface area contributed by atoms with Crippen LogP contribution in [-0.2, 0) is 16.4 Å². The lowest BCUT2D eigenvalue weighted by Crippen LogP contribution is -2.29. The van der Waals surface area contributed by atoms with Gasteiger partial charge in [-0.05, 0) is 19.9 Å². The van der Waals surface area contributed by atoms with Crippen LogP contribution in [0.5, 0.6) is 0 Å². The maximum absolute atomic E-state index is 11.4. The van der Waals surface area contributed by atoms with E-state index in [1.807, 2.05) is 12.3 Å². The molecule has 1 heterocycles. The Labute approximate surface area is 100 Å². The summed E-state index contributed by atoms with van der Waals surface area (Å²) in [7, 11) is -3.16. The summed E-state index contributed by atoms with van der Waals surface area (Å²) in [5, 5.41) is 2.95. The highest BCUT2D eigenvalue weighted by atomic mass is 32.2. The van der Waals surface area contributed by atoms with E-state index < -0.39 is 10.0 Å². The van der Waals surface area contributed by atoms with Gasteiger partial charge in [-0.2, -0.15) is 0 Å². The first kappa shape index (κ1) is 13.6. The van der Waals surface area contributed by atoms with Crippen LogP contribution in [0.1, 0.15) is 17.1 Å². The zero-order valence-corrected chi connectivity index (χ0v) is 10.9. The van der Waals surface area contributed by atoms with Gasteiger partial charge in [0.25, 0.3) is 0 Å². The molecule has 0 radical (unpaired) electrons. The van der Waals surface area contributed by atoms with Crippen molar-refractivity contribution < 1.29 is 8.42 Å². The van der Waals surface area contributed by atoms with E-state index in [0.29, 0.717) is 25.9 Å². The van der Waals surface area contributed by atoms with Crippen LogP contribution < -0.4 is 10.5 Å². The Balaban J connectivity index is 2.29. The zero-order chi connectivity index (χ0) is 12.0. The molecule has 0 aliphatic carbocycles. The molecule has 0 saturated carbocycles. The molecular weight excluding hydrogens is 246 g/mol. The molecule has 0 bridgehead atoms. The minimum Gasteiger partial charge on any atom is -0.330 e. The smallest absolute Gasteiger partial charge is 0.211 e. The third kappa shape index (κ3) is 5.02. The van der Waals surface area contributed by atoms with Crippen molar-refractivity contribution in [3.63, 3.8) is 0 Å². The summed E-state index contributed by atoms with van der Waals surface area (Å²) in [5.41, 5.74) is 6.19. The van der Waals surface area contributed by atoms with Gasteiger partial charge in [0, 0.05) is 18.3 Å². The van der Waals surface area contributed by atoms with Crippen molar-refractivity contribution in [3.8, 4) is 0 Å². The maximum atomic E-state index is 11.4. The summed E-state index contributed by atoms with van der Waals surface area (Å²) in [5.74, 6) is 0.0968. The Morgan fingerprint density at radius 2 is 2.31 bits per heavy atom. The first-order chi connectivity index (χ1) is 7.53. The van der Waals surface area contributed by atoms with Crippen LogP contribution in [-0.4, -0.2) is 32.2 Å². The average molecular weight is 263 g/mol. The minimum atomic E-state index is -3.16. The number of thiazole rings is 1. The molecule has 1 rings (SSSR count). The van der Waals surface area contributed by atoms with Crippen molar-refractivity contribution in [1.82, 2.24) is 9.71 Å². The van der Waals surface area contributed by atoms with E-state index in [9.17, 15) is 8.42 Å². The SMILES string of the molecule is Cc1nc(CCNS(=O)(=O)CCCN)cs1. The van der Waals surface area contributed by atoms with E-state index in [2.05, 4.69) is 9.71 Å².